The molecule has 1 saturated carbocycles. The minimum atomic E-state index is -0.988. The van der Waals surface area contributed by atoms with Gasteiger partial charge in [-0.15, -0.1) is 0 Å². The van der Waals surface area contributed by atoms with Crippen LogP contribution < -0.4 is 5.32 Å². The lowest BCUT2D eigenvalue weighted by molar-refractivity contribution is -0.122. The number of hydrogen-bond acceptors (Lipinski definition) is 3. The van der Waals surface area contributed by atoms with Gasteiger partial charge in [-0.25, -0.2) is 8.78 Å². The zero-order valence-electron chi connectivity index (χ0n) is 13.7. The Morgan fingerprint density at radius 2 is 2.04 bits per heavy atom. The Morgan fingerprint density at radius 1 is 1.24 bits per heavy atom. The van der Waals surface area contributed by atoms with Crippen LogP contribution >= 0.6 is 0 Å². The average molecular weight is 346 g/mol. The number of aromatic nitrogens is 1. The van der Waals surface area contributed by atoms with E-state index in [0.29, 0.717) is 19.3 Å². The van der Waals surface area contributed by atoms with Gasteiger partial charge in [-0.1, -0.05) is 18.2 Å². The second-order valence-corrected chi connectivity index (χ2v) is 6.47. The van der Waals surface area contributed by atoms with Crippen LogP contribution in [0.25, 0.3) is 0 Å². The van der Waals surface area contributed by atoms with Crippen LogP contribution in [0.15, 0.2) is 42.6 Å². The molecule has 2 N–H and O–H groups in total. The maximum Gasteiger partial charge on any atom is 0.224 e. The number of benzene rings is 1. The van der Waals surface area contributed by atoms with Gasteiger partial charge in [0.2, 0.25) is 5.91 Å². The standard InChI is InChI=1S/C19H20F2N2O2/c20-16-6-3-4-12(19(16)21)10-18(25)23-17(13-8-15(24)9-13)11-14-5-1-2-7-22-14/h1-7,13,15,17,24H,8-11H2,(H,23,25)/t13?,15?,17-/m1/s1. The fourth-order valence-corrected chi connectivity index (χ4v) is 3.15. The van der Waals surface area contributed by atoms with E-state index in [-0.39, 0.29) is 36.0 Å². The summed E-state index contributed by atoms with van der Waals surface area (Å²) in [6.07, 6.45) is 2.89. The summed E-state index contributed by atoms with van der Waals surface area (Å²) in [6, 6.07) is 9.18. The van der Waals surface area contributed by atoms with Crippen molar-refractivity contribution >= 4 is 5.91 Å². The molecule has 0 unspecified atom stereocenters. The number of nitrogens with zero attached hydrogens (tertiary/aromatic N) is 1. The first kappa shape index (κ1) is 17.5. The van der Waals surface area contributed by atoms with Gasteiger partial charge in [0.1, 0.15) is 0 Å². The summed E-state index contributed by atoms with van der Waals surface area (Å²) in [5.41, 5.74) is 0.869. The lowest BCUT2D eigenvalue weighted by Gasteiger charge is -2.38. The van der Waals surface area contributed by atoms with E-state index in [1.807, 2.05) is 18.2 Å². The quantitative estimate of drug-likeness (QED) is 0.844. The molecule has 132 valence electrons. The van der Waals surface area contributed by atoms with Crippen molar-refractivity contribution in [2.45, 2.75) is 37.8 Å². The van der Waals surface area contributed by atoms with E-state index in [1.165, 1.54) is 12.1 Å². The van der Waals surface area contributed by atoms with Gasteiger partial charge < -0.3 is 10.4 Å². The molecule has 0 radical (unpaired) electrons. The summed E-state index contributed by atoms with van der Waals surface area (Å²) in [5, 5.41) is 12.5. The highest BCUT2D eigenvalue weighted by Gasteiger charge is 2.35. The number of aliphatic hydroxyl groups excluding tert-OH is 1. The van der Waals surface area contributed by atoms with E-state index < -0.39 is 11.6 Å². The van der Waals surface area contributed by atoms with Crippen LogP contribution in [0.2, 0.25) is 0 Å². The van der Waals surface area contributed by atoms with Crippen LogP contribution in [0.1, 0.15) is 24.1 Å². The molecule has 6 heteroatoms. The molecule has 4 nitrogen and oxygen atoms in total. The third-order valence-corrected chi connectivity index (χ3v) is 4.60. The maximum absolute atomic E-state index is 13.7. The Morgan fingerprint density at radius 3 is 2.72 bits per heavy atom. The molecule has 3 rings (SSSR count). The number of rotatable bonds is 6. The average Bonchev–Trinajstić information content (AvgIpc) is 2.56. The molecule has 0 spiro atoms. The van der Waals surface area contributed by atoms with Crippen molar-refractivity contribution < 1.29 is 18.7 Å². The smallest absolute Gasteiger partial charge is 0.224 e. The number of halogens is 2. The highest BCUT2D eigenvalue weighted by atomic mass is 19.2. The number of aliphatic hydroxyl groups is 1. The molecule has 1 heterocycles. The second-order valence-electron chi connectivity index (χ2n) is 6.47. The molecule has 1 aromatic carbocycles. The monoisotopic (exact) mass is 346 g/mol. The van der Waals surface area contributed by atoms with Crippen molar-refractivity contribution in [1.29, 1.82) is 0 Å². The van der Waals surface area contributed by atoms with Gasteiger partial charge in [-0.3, -0.25) is 9.78 Å². The lowest BCUT2D eigenvalue weighted by Crippen LogP contribution is -2.48. The summed E-state index contributed by atoms with van der Waals surface area (Å²) in [7, 11) is 0. The lowest BCUT2D eigenvalue weighted by atomic mass is 9.76. The van der Waals surface area contributed by atoms with E-state index >= 15 is 0 Å². The van der Waals surface area contributed by atoms with E-state index in [2.05, 4.69) is 10.3 Å². The Bertz CT molecular complexity index is 733. The number of pyridine rings is 1. The fraction of sp³-hybridized carbons (Fsp3) is 0.368. The summed E-state index contributed by atoms with van der Waals surface area (Å²) < 4.78 is 27.0. The summed E-state index contributed by atoms with van der Waals surface area (Å²) in [5.74, 6) is -2.17. The predicted molar refractivity (Wildman–Crippen MR) is 88.7 cm³/mol. The molecule has 1 aromatic heterocycles. The number of hydrogen-bond donors (Lipinski definition) is 2. The number of amides is 1. The Balaban J connectivity index is 1.66. The molecule has 0 aliphatic heterocycles. The summed E-state index contributed by atoms with van der Waals surface area (Å²) >= 11 is 0. The van der Waals surface area contributed by atoms with Gasteiger partial charge in [0, 0.05) is 29.9 Å². The summed E-state index contributed by atoms with van der Waals surface area (Å²) in [6.45, 7) is 0. The first-order valence-electron chi connectivity index (χ1n) is 8.33. The van der Waals surface area contributed by atoms with E-state index in [9.17, 15) is 18.7 Å². The minimum Gasteiger partial charge on any atom is -0.393 e. The Kier molecular flexibility index (Phi) is 5.38. The molecule has 1 aliphatic carbocycles. The molecule has 0 bridgehead atoms. The van der Waals surface area contributed by atoms with Crippen LogP contribution in [0, 0.1) is 17.6 Å². The molecular weight excluding hydrogens is 326 g/mol. The molecule has 1 amide bonds. The van der Waals surface area contributed by atoms with Crippen LogP contribution in [0.4, 0.5) is 8.78 Å². The number of carbonyl (C=O) groups excluding carboxylic acids is 1. The maximum atomic E-state index is 13.7. The highest BCUT2D eigenvalue weighted by Crippen LogP contribution is 2.31. The Labute approximate surface area is 144 Å². The predicted octanol–water partition coefficient (Wildman–Crippen LogP) is 2.40. The van der Waals surface area contributed by atoms with Crippen molar-refractivity contribution in [3.8, 4) is 0 Å². The van der Waals surface area contributed by atoms with Crippen LogP contribution in [0.3, 0.4) is 0 Å². The van der Waals surface area contributed by atoms with Gasteiger partial charge in [-0.05, 0) is 37.0 Å². The molecule has 25 heavy (non-hydrogen) atoms. The van der Waals surface area contributed by atoms with Crippen LogP contribution in [-0.4, -0.2) is 28.1 Å². The first-order valence-corrected chi connectivity index (χ1v) is 8.33. The van der Waals surface area contributed by atoms with E-state index in [0.717, 1.165) is 11.8 Å². The molecule has 1 aliphatic rings. The third-order valence-electron chi connectivity index (χ3n) is 4.60. The summed E-state index contributed by atoms with van der Waals surface area (Å²) in [4.78, 5) is 16.6. The van der Waals surface area contributed by atoms with Crippen molar-refractivity contribution in [3.05, 3.63) is 65.5 Å². The SMILES string of the molecule is O=C(Cc1cccc(F)c1F)N[C@H](Cc1ccccn1)C1CC(O)C1. The molecule has 1 atom stereocenters. The molecule has 0 saturated heterocycles. The van der Waals surface area contributed by atoms with Crippen LogP contribution in [0.5, 0.6) is 0 Å². The van der Waals surface area contributed by atoms with Crippen molar-refractivity contribution in [1.82, 2.24) is 10.3 Å². The Hall–Kier alpha value is -2.34. The molecule has 1 fully saturated rings. The zero-order valence-corrected chi connectivity index (χ0v) is 13.7. The molecular formula is C19H20F2N2O2. The fourth-order valence-electron chi connectivity index (χ4n) is 3.15. The van der Waals surface area contributed by atoms with Gasteiger partial charge in [0.05, 0.1) is 12.5 Å². The topological polar surface area (TPSA) is 62.2 Å². The van der Waals surface area contributed by atoms with Gasteiger partial charge >= 0.3 is 0 Å². The molecule has 2 aromatic rings. The zero-order chi connectivity index (χ0) is 17.8. The number of nitrogens with one attached hydrogen (secondary N) is 1. The largest absolute Gasteiger partial charge is 0.393 e. The third kappa shape index (κ3) is 4.39. The van der Waals surface area contributed by atoms with Gasteiger partial charge in [-0.2, -0.15) is 0 Å². The van der Waals surface area contributed by atoms with Crippen molar-refractivity contribution in [2.75, 3.05) is 0 Å². The first-order chi connectivity index (χ1) is 12.0. The van der Waals surface area contributed by atoms with Crippen molar-refractivity contribution in [3.63, 3.8) is 0 Å². The van der Waals surface area contributed by atoms with Crippen molar-refractivity contribution in [2.24, 2.45) is 5.92 Å². The second kappa shape index (κ2) is 7.70. The van der Waals surface area contributed by atoms with Crippen LogP contribution in [-0.2, 0) is 17.6 Å². The number of carbonyl (C=O) groups is 1. The minimum absolute atomic E-state index is 0.0303. The normalized spacial score (nSPS) is 20.6. The van der Waals surface area contributed by atoms with Gasteiger partial charge in [0.25, 0.3) is 0 Å². The van der Waals surface area contributed by atoms with E-state index in [1.54, 1.807) is 6.20 Å². The highest BCUT2D eigenvalue weighted by molar-refractivity contribution is 5.79. The van der Waals surface area contributed by atoms with Gasteiger partial charge in [0.15, 0.2) is 11.6 Å². The van der Waals surface area contributed by atoms with E-state index in [4.69, 9.17) is 0 Å².